The number of ether oxygens (including phenoxy) is 2. The van der Waals surface area contributed by atoms with Crippen LogP contribution in [-0.4, -0.2) is 19.1 Å². The molecule has 0 saturated carbocycles. The van der Waals surface area contributed by atoms with E-state index in [1.54, 1.807) is 6.07 Å². The van der Waals surface area contributed by atoms with Gasteiger partial charge in [0.15, 0.2) is 11.5 Å². The summed E-state index contributed by atoms with van der Waals surface area (Å²) in [6.07, 6.45) is 0.845. The van der Waals surface area contributed by atoms with Crippen molar-refractivity contribution in [1.82, 2.24) is 0 Å². The molecular formula is C20H23NO3. The fraction of sp³-hybridized carbons (Fsp3) is 0.350. The fourth-order valence-electron chi connectivity index (χ4n) is 2.70. The van der Waals surface area contributed by atoms with Gasteiger partial charge in [0.25, 0.3) is 5.91 Å². The van der Waals surface area contributed by atoms with E-state index in [4.69, 9.17) is 9.47 Å². The molecule has 0 bridgehead atoms. The maximum Gasteiger partial charge on any atom is 0.256 e. The molecule has 4 heteroatoms. The van der Waals surface area contributed by atoms with Crippen molar-refractivity contribution in [2.75, 3.05) is 18.5 Å². The lowest BCUT2D eigenvalue weighted by Crippen LogP contribution is -2.14. The number of benzene rings is 2. The Morgan fingerprint density at radius 1 is 1.04 bits per heavy atom. The maximum atomic E-state index is 12.6. The highest BCUT2D eigenvalue weighted by atomic mass is 16.5. The lowest BCUT2D eigenvalue weighted by Gasteiger charge is -2.13. The van der Waals surface area contributed by atoms with Gasteiger partial charge < -0.3 is 14.8 Å². The summed E-state index contributed by atoms with van der Waals surface area (Å²) in [4.78, 5) is 12.6. The van der Waals surface area contributed by atoms with Crippen LogP contribution >= 0.6 is 0 Å². The highest BCUT2D eigenvalue weighted by molar-refractivity contribution is 6.05. The Bertz CT molecular complexity index is 735. The summed E-state index contributed by atoms with van der Waals surface area (Å²) >= 11 is 0. The maximum absolute atomic E-state index is 12.6. The number of fused-ring (bicyclic) bond motifs is 1. The summed E-state index contributed by atoms with van der Waals surface area (Å²) in [7, 11) is 0. The minimum absolute atomic E-state index is 0.138. The smallest absolute Gasteiger partial charge is 0.256 e. The van der Waals surface area contributed by atoms with Crippen molar-refractivity contribution in [3.05, 3.63) is 53.1 Å². The van der Waals surface area contributed by atoms with Crippen molar-refractivity contribution in [1.29, 1.82) is 0 Å². The molecule has 1 aliphatic rings. The van der Waals surface area contributed by atoms with Crippen molar-refractivity contribution in [2.24, 2.45) is 0 Å². The van der Waals surface area contributed by atoms with Gasteiger partial charge in [0.05, 0.1) is 13.2 Å². The number of aryl methyl sites for hydroxylation is 1. The molecule has 1 amide bonds. The molecule has 1 heterocycles. The van der Waals surface area contributed by atoms with Crippen LogP contribution in [0.25, 0.3) is 0 Å². The third-order valence-corrected chi connectivity index (χ3v) is 4.17. The first-order chi connectivity index (χ1) is 11.5. The van der Waals surface area contributed by atoms with E-state index < -0.39 is 0 Å². The van der Waals surface area contributed by atoms with Crippen molar-refractivity contribution in [2.45, 2.75) is 33.1 Å². The first-order valence-electron chi connectivity index (χ1n) is 8.36. The van der Waals surface area contributed by atoms with E-state index in [0.717, 1.165) is 17.7 Å². The zero-order chi connectivity index (χ0) is 17.1. The predicted octanol–water partition coefficient (Wildman–Crippen LogP) is 4.53. The van der Waals surface area contributed by atoms with E-state index in [1.807, 2.05) is 37.3 Å². The second-order valence-corrected chi connectivity index (χ2v) is 6.40. The van der Waals surface area contributed by atoms with Crippen molar-refractivity contribution in [3.63, 3.8) is 0 Å². The molecule has 0 spiro atoms. The van der Waals surface area contributed by atoms with Gasteiger partial charge in [-0.3, -0.25) is 4.79 Å². The summed E-state index contributed by atoms with van der Waals surface area (Å²) < 4.78 is 11.3. The summed E-state index contributed by atoms with van der Waals surface area (Å²) in [6, 6.07) is 11.6. The Balaban J connectivity index is 1.80. The molecule has 2 aromatic rings. The highest BCUT2D eigenvalue weighted by Crippen LogP contribution is 2.33. The van der Waals surface area contributed by atoms with Gasteiger partial charge in [0, 0.05) is 17.7 Å². The Morgan fingerprint density at radius 2 is 1.67 bits per heavy atom. The minimum atomic E-state index is -0.138. The Hall–Kier alpha value is -2.49. The second-order valence-electron chi connectivity index (χ2n) is 6.40. The third-order valence-electron chi connectivity index (χ3n) is 4.17. The molecular weight excluding hydrogens is 302 g/mol. The molecule has 0 fully saturated rings. The van der Waals surface area contributed by atoms with Crippen LogP contribution in [0.15, 0.2) is 36.4 Å². The zero-order valence-electron chi connectivity index (χ0n) is 14.4. The lowest BCUT2D eigenvalue weighted by atomic mass is 10.0. The van der Waals surface area contributed by atoms with Crippen LogP contribution in [0.5, 0.6) is 11.5 Å². The Kier molecular flexibility index (Phi) is 4.74. The number of carbonyl (C=O) groups is 1. The molecule has 0 atom stereocenters. The molecule has 2 aromatic carbocycles. The van der Waals surface area contributed by atoms with Crippen molar-refractivity contribution in [3.8, 4) is 11.5 Å². The molecule has 1 N–H and O–H groups in total. The molecule has 0 aromatic heterocycles. The molecule has 4 nitrogen and oxygen atoms in total. The summed E-state index contributed by atoms with van der Waals surface area (Å²) in [5, 5.41) is 2.95. The zero-order valence-corrected chi connectivity index (χ0v) is 14.4. The largest absolute Gasteiger partial charge is 0.490 e. The van der Waals surface area contributed by atoms with Gasteiger partial charge in [-0.25, -0.2) is 0 Å². The first-order valence-corrected chi connectivity index (χ1v) is 8.36. The third kappa shape index (κ3) is 3.53. The number of hydrogen-bond donors (Lipinski definition) is 1. The number of nitrogens with one attached hydrogen (secondary N) is 1. The second kappa shape index (κ2) is 6.95. The van der Waals surface area contributed by atoms with E-state index in [-0.39, 0.29) is 5.91 Å². The van der Waals surface area contributed by atoms with E-state index >= 15 is 0 Å². The van der Waals surface area contributed by atoms with Gasteiger partial charge in [-0.2, -0.15) is 0 Å². The predicted molar refractivity (Wildman–Crippen MR) is 95.3 cm³/mol. The van der Waals surface area contributed by atoms with E-state index in [2.05, 4.69) is 19.2 Å². The number of rotatable bonds is 3. The van der Waals surface area contributed by atoms with Crippen LogP contribution < -0.4 is 14.8 Å². The number of carbonyl (C=O) groups excluding carboxylic acids is 1. The van der Waals surface area contributed by atoms with E-state index in [1.165, 1.54) is 5.56 Å². The summed E-state index contributed by atoms with van der Waals surface area (Å²) in [5.74, 6) is 1.68. The van der Waals surface area contributed by atoms with Crippen LogP contribution in [0.2, 0.25) is 0 Å². The molecule has 3 rings (SSSR count). The molecule has 24 heavy (non-hydrogen) atoms. The van der Waals surface area contributed by atoms with Crippen LogP contribution in [0.4, 0.5) is 5.69 Å². The molecule has 0 unspecified atom stereocenters. The van der Waals surface area contributed by atoms with Crippen LogP contribution in [0.1, 0.15) is 47.7 Å². The van der Waals surface area contributed by atoms with E-state index in [9.17, 15) is 4.79 Å². The van der Waals surface area contributed by atoms with Gasteiger partial charge in [0.1, 0.15) is 0 Å². The molecule has 0 radical (unpaired) electrons. The standard InChI is InChI=1S/C20H23NO3/c1-13(2)15-5-7-16(8-6-15)21-20(22)17-12-19-18(11-14(17)3)23-9-4-10-24-19/h5-8,11-13H,4,9-10H2,1-3H3,(H,21,22). The number of amides is 1. The first kappa shape index (κ1) is 16.4. The normalized spacial score (nSPS) is 13.5. The van der Waals surface area contributed by atoms with Gasteiger partial charge in [-0.1, -0.05) is 26.0 Å². The van der Waals surface area contributed by atoms with Crippen molar-refractivity contribution >= 4 is 11.6 Å². The van der Waals surface area contributed by atoms with Crippen LogP contribution in [0, 0.1) is 6.92 Å². The average molecular weight is 325 g/mol. The van der Waals surface area contributed by atoms with Gasteiger partial charge >= 0.3 is 0 Å². The number of hydrogen-bond acceptors (Lipinski definition) is 3. The Labute approximate surface area is 142 Å². The van der Waals surface area contributed by atoms with Crippen LogP contribution in [-0.2, 0) is 0 Å². The van der Waals surface area contributed by atoms with Gasteiger partial charge in [-0.05, 0) is 48.2 Å². The summed E-state index contributed by atoms with van der Waals surface area (Å²) in [5.41, 5.74) is 3.51. The highest BCUT2D eigenvalue weighted by Gasteiger charge is 2.17. The number of anilines is 1. The van der Waals surface area contributed by atoms with Gasteiger partial charge in [-0.15, -0.1) is 0 Å². The SMILES string of the molecule is Cc1cc2c(cc1C(=O)Nc1ccc(C(C)C)cc1)OCCCO2. The monoisotopic (exact) mass is 325 g/mol. The molecule has 126 valence electrons. The molecule has 0 saturated heterocycles. The quantitative estimate of drug-likeness (QED) is 0.902. The Morgan fingerprint density at radius 3 is 2.29 bits per heavy atom. The van der Waals surface area contributed by atoms with Crippen LogP contribution in [0.3, 0.4) is 0 Å². The topological polar surface area (TPSA) is 47.6 Å². The lowest BCUT2D eigenvalue weighted by molar-refractivity contribution is 0.102. The molecule has 0 aliphatic carbocycles. The van der Waals surface area contributed by atoms with Gasteiger partial charge in [0.2, 0.25) is 0 Å². The minimum Gasteiger partial charge on any atom is -0.490 e. The van der Waals surface area contributed by atoms with E-state index in [0.29, 0.717) is 36.2 Å². The molecule has 1 aliphatic heterocycles. The summed E-state index contributed by atoms with van der Waals surface area (Å²) in [6.45, 7) is 7.45. The van der Waals surface area contributed by atoms with Crippen molar-refractivity contribution < 1.29 is 14.3 Å². The fourth-order valence-corrected chi connectivity index (χ4v) is 2.70. The average Bonchev–Trinajstić information content (AvgIpc) is 2.79.